The van der Waals surface area contributed by atoms with E-state index in [0.717, 1.165) is 0 Å². The molecule has 1 aliphatic rings. The van der Waals surface area contributed by atoms with E-state index in [2.05, 4.69) is 4.99 Å². The number of ether oxygens (including phenoxy) is 4. The minimum absolute atomic E-state index is 0.162. The van der Waals surface area contributed by atoms with Crippen molar-refractivity contribution in [1.29, 1.82) is 0 Å². The molecule has 1 heterocycles. The van der Waals surface area contributed by atoms with E-state index in [1.165, 1.54) is 7.11 Å². The second-order valence-corrected chi connectivity index (χ2v) is 6.93. The lowest BCUT2D eigenvalue weighted by Gasteiger charge is -2.12. The van der Waals surface area contributed by atoms with Crippen LogP contribution in [0, 0.1) is 0 Å². The Labute approximate surface area is 190 Å². The summed E-state index contributed by atoms with van der Waals surface area (Å²) in [7, 11) is 1.49. The van der Waals surface area contributed by atoms with Crippen molar-refractivity contribution < 1.29 is 28.5 Å². The molecule has 7 nitrogen and oxygen atoms in total. The first-order valence-electron chi connectivity index (χ1n) is 10.3. The van der Waals surface area contributed by atoms with Crippen LogP contribution in [0.3, 0.4) is 0 Å². The van der Waals surface area contributed by atoms with Crippen LogP contribution < -0.4 is 14.2 Å². The molecule has 0 aliphatic carbocycles. The van der Waals surface area contributed by atoms with E-state index < -0.39 is 11.9 Å². The lowest BCUT2D eigenvalue weighted by Crippen LogP contribution is -2.11. The fraction of sp³-hybridized carbons (Fsp3) is 0.115. The molecule has 0 spiro atoms. The van der Waals surface area contributed by atoms with Gasteiger partial charge in [0.1, 0.15) is 11.3 Å². The van der Waals surface area contributed by atoms with Gasteiger partial charge in [0.25, 0.3) is 0 Å². The minimum Gasteiger partial charge on any atom is -0.496 e. The number of benzene rings is 3. The van der Waals surface area contributed by atoms with Gasteiger partial charge in [-0.15, -0.1) is 0 Å². The first kappa shape index (κ1) is 21.8. The van der Waals surface area contributed by atoms with Crippen molar-refractivity contribution in [3.8, 4) is 17.2 Å². The molecule has 3 aromatic carbocycles. The zero-order chi connectivity index (χ0) is 23.2. The van der Waals surface area contributed by atoms with E-state index >= 15 is 0 Å². The van der Waals surface area contributed by atoms with E-state index in [9.17, 15) is 9.59 Å². The highest BCUT2D eigenvalue weighted by Gasteiger charge is 2.24. The lowest BCUT2D eigenvalue weighted by molar-refractivity contribution is -0.129. The molecule has 0 N–H and O–H groups in total. The van der Waals surface area contributed by atoms with Crippen LogP contribution in [0.2, 0.25) is 0 Å². The molecule has 0 saturated carbocycles. The molecular formula is C26H21NO6. The summed E-state index contributed by atoms with van der Waals surface area (Å²) in [4.78, 5) is 29.3. The predicted molar refractivity (Wildman–Crippen MR) is 123 cm³/mol. The number of esters is 2. The highest BCUT2D eigenvalue weighted by atomic mass is 16.6. The fourth-order valence-corrected chi connectivity index (χ4v) is 3.21. The van der Waals surface area contributed by atoms with Crippen LogP contribution in [0.15, 0.2) is 83.5 Å². The molecule has 0 aromatic heterocycles. The number of carbonyl (C=O) groups excluding carboxylic acids is 2. The molecule has 0 bridgehead atoms. The van der Waals surface area contributed by atoms with Crippen LogP contribution in [0.1, 0.15) is 28.4 Å². The summed E-state index contributed by atoms with van der Waals surface area (Å²) >= 11 is 0. The number of para-hydroxylation sites is 1. The molecule has 3 aromatic rings. The average molecular weight is 443 g/mol. The van der Waals surface area contributed by atoms with Crippen molar-refractivity contribution in [2.75, 3.05) is 13.7 Å². The van der Waals surface area contributed by atoms with Crippen LogP contribution in [0.5, 0.6) is 17.2 Å². The number of hydrogen-bond acceptors (Lipinski definition) is 7. The highest BCUT2D eigenvalue weighted by Crippen LogP contribution is 2.31. The Balaban J connectivity index is 1.60. The van der Waals surface area contributed by atoms with E-state index in [1.807, 2.05) is 37.3 Å². The summed E-state index contributed by atoms with van der Waals surface area (Å²) in [6, 6.07) is 20.9. The first-order valence-corrected chi connectivity index (χ1v) is 10.3. The number of cyclic esters (lactones) is 1. The van der Waals surface area contributed by atoms with Crippen molar-refractivity contribution in [1.82, 2.24) is 0 Å². The molecule has 0 unspecified atom stereocenters. The van der Waals surface area contributed by atoms with E-state index in [-0.39, 0.29) is 17.3 Å². The van der Waals surface area contributed by atoms with Crippen molar-refractivity contribution >= 4 is 23.9 Å². The monoisotopic (exact) mass is 443 g/mol. The van der Waals surface area contributed by atoms with Crippen LogP contribution >= 0.6 is 0 Å². The number of hydrogen-bond donors (Lipinski definition) is 0. The van der Waals surface area contributed by atoms with Crippen molar-refractivity contribution in [3.63, 3.8) is 0 Å². The van der Waals surface area contributed by atoms with Crippen molar-refractivity contribution in [2.24, 2.45) is 4.99 Å². The van der Waals surface area contributed by atoms with Crippen LogP contribution in [0.25, 0.3) is 6.08 Å². The Hall–Kier alpha value is -4.39. The van der Waals surface area contributed by atoms with Gasteiger partial charge < -0.3 is 18.9 Å². The molecule has 1 aliphatic heterocycles. The summed E-state index contributed by atoms with van der Waals surface area (Å²) < 4.78 is 21.7. The van der Waals surface area contributed by atoms with Gasteiger partial charge in [0.05, 0.1) is 13.7 Å². The summed E-state index contributed by atoms with van der Waals surface area (Å²) in [6.45, 7) is 2.18. The largest absolute Gasteiger partial charge is 0.496 e. The van der Waals surface area contributed by atoms with E-state index in [4.69, 9.17) is 18.9 Å². The second kappa shape index (κ2) is 9.82. The quantitative estimate of drug-likeness (QED) is 0.300. The maximum Gasteiger partial charge on any atom is 0.363 e. The number of aliphatic imine (C=N–C) groups is 1. The van der Waals surface area contributed by atoms with Crippen molar-refractivity contribution in [2.45, 2.75) is 6.92 Å². The molecule has 4 rings (SSSR count). The van der Waals surface area contributed by atoms with Gasteiger partial charge in [-0.05, 0) is 55.0 Å². The van der Waals surface area contributed by atoms with Gasteiger partial charge in [-0.3, -0.25) is 0 Å². The van der Waals surface area contributed by atoms with Crippen molar-refractivity contribution in [3.05, 3.63) is 95.2 Å². The molecule has 0 saturated heterocycles. The third-order valence-electron chi connectivity index (χ3n) is 4.74. The Kier molecular flexibility index (Phi) is 6.50. The van der Waals surface area contributed by atoms with E-state index in [0.29, 0.717) is 34.8 Å². The number of nitrogens with zero attached hydrogens (tertiary/aromatic N) is 1. The number of methoxy groups -OCH3 is 1. The number of rotatable bonds is 7. The molecular weight excluding hydrogens is 422 g/mol. The standard InChI is InChI=1S/C26H21NO6/c1-3-31-23-16-17(15-20-26(29)33-24(27-20)18-9-5-4-6-10-18)13-14-22(23)32-25(28)19-11-7-8-12-21(19)30-2/h4-16H,3H2,1-2H3. The topological polar surface area (TPSA) is 83.4 Å². The smallest absolute Gasteiger partial charge is 0.363 e. The highest BCUT2D eigenvalue weighted by molar-refractivity contribution is 6.12. The van der Waals surface area contributed by atoms with Gasteiger partial charge in [-0.2, -0.15) is 0 Å². The van der Waals surface area contributed by atoms with Gasteiger partial charge in [0, 0.05) is 5.56 Å². The minimum atomic E-state index is -0.573. The van der Waals surface area contributed by atoms with Crippen LogP contribution in [-0.2, 0) is 9.53 Å². The molecule has 0 fully saturated rings. The van der Waals surface area contributed by atoms with Gasteiger partial charge in [0.15, 0.2) is 17.2 Å². The van der Waals surface area contributed by atoms with Gasteiger partial charge in [0.2, 0.25) is 5.90 Å². The van der Waals surface area contributed by atoms with Gasteiger partial charge in [-0.1, -0.05) is 36.4 Å². The Morgan fingerprint density at radius 3 is 2.48 bits per heavy atom. The van der Waals surface area contributed by atoms with E-state index in [1.54, 1.807) is 48.5 Å². The fourth-order valence-electron chi connectivity index (χ4n) is 3.21. The molecule has 0 radical (unpaired) electrons. The summed E-state index contributed by atoms with van der Waals surface area (Å²) in [5, 5.41) is 0. The molecule has 0 atom stereocenters. The average Bonchev–Trinajstić information content (AvgIpc) is 3.21. The Bertz CT molecular complexity index is 1250. The SMILES string of the molecule is CCOc1cc(C=C2N=C(c3ccccc3)OC2=O)ccc1OC(=O)c1ccccc1OC. The first-order chi connectivity index (χ1) is 16.1. The molecule has 166 valence electrons. The third kappa shape index (κ3) is 4.93. The van der Waals surface area contributed by atoms with Crippen LogP contribution in [0.4, 0.5) is 0 Å². The normalized spacial score (nSPS) is 13.9. The zero-order valence-electron chi connectivity index (χ0n) is 18.1. The van der Waals surface area contributed by atoms with Gasteiger partial charge >= 0.3 is 11.9 Å². The lowest BCUT2D eigenvalue weighted by atomic mass is 10.1. The predicted octanol–water partition coefficient (Wildman–Crippen LogP) is 4.66. The van der Waals surface area contributed by atoms with Crippen LogP contribution in [-0.4, -0.2) is 31.6 Å². The summed E-state index contributed by atoms with van der Waals surface area (Å²) in [5.74, 6) is 0.147. The third-order valence-corrected chi connectivity index (χ3v) is 4.74. The maximum absolute atomic E-state index is 12.7. The summed E-state index contributed by atoms with van der Waals surface area (Å²) in [5.41, 5.74) is 1.81. The summed E-state index contributed by atoms with van der Waals surface area (Å²) in [6.07, 6.45) is 1.59. The molecule has 7 heteroatoms. The number of carbonyl (C=O) groups is 2. The van der Waals surface area contributed by atoms with Gasteiger partial charge in [-0.25, -0.2) is 14.6 Å². The zero-order valence-corrected chi connectivity index (χ0v) is 18.1. The maximum atomic E-state index is 12.7. The molecule has 0 amide bonds. The molecule has 33 heavy (non-hydrogen) atoms. The Morgan fingerprint density at radius 2 is 1.73 bits per heavy atom. The second-order valence-electron chi connectivity index (χ2n) is 6.93. The Morgan fingerprint density at radius 1 is 0.970 bits per heavy atom.